The third kappa shape index (κ3) is 5.99. The second kappa shape index (κ2) is 10.8. The first-order valence-corrected chi connectivity index (χ1v) is 11.2. The van der Waals surface area contributed by atoms with Gasteiger partial charge in [0, 0.05) is 52.1 Å². The molecule has 1 unspecified atom stereocenters. The average Bonchev–Trinajstić information content (AvgIpc) is 2.82. The zero-order chi connectivity index (χ0) is 22.3. The Morgan fingerprint density at radius 2 is 1.66 bits per heavy atom. The second-order valence-corrected chi connectivity index (χ2v) is 8.45. The van der Waals surface area contributed by atoms with E-state index < -0.39 is 6.10 Å². The molecule has 0 amide bonds. The molecule has 1 aliphatic rings. The van der Waals surface area contributed by atoms with Gasteiger partial charge in [0.2, 0.25) is 0 Å². The third-order valence-corrected chi connectivity index (χ3v) is 6.02. The summed E-state index contributed by atoms with van der Waals surface area (Å²) in [7, 11) is 1.74. The lowest BCUT2D eigenvalue weighted by Gasteiger charge is -2.35. The molecule has 1 aliphatic heterocycles. The van der Waals surface area contributed by atoms with E-state index in [0.29, 0.717) is 6.54 Å². The van der Waals surface area contributed by atoms with E-state index in [1.807, 2.05) is 30.3 Å². The number of rotatable bonds is 9. The van der Waals surface area contributed by atoms with Crippen LogP contribution in [0.4, 0.5) is 5.69 Å². The first-order valence-electron chi connectivity index (χ1n) is 11.2. The predicted octanol–water partition coefficient (Wildman–Crippen LogP) is 3.09. The number of anilines is 1. The lowest BCUT2D eigenvalue weighted by molar-refractivity contribution is 0.0405. The molecular weight excluding hydrogens is 402 g/mol. The lowest BCUT2D eigenvalue weighted by atomic mass is 10.0. The van der Waals surface area contributed by atoms with Crippen LogP contribution in [0.3, 0.4) is 0 Å². The van der Waals surface area contributed by atoms with Gasteiger partial charge in [-0.05, 0) is 52.2 Å². The SMILES string of the molecule is COCCN1CCN(CC(O)COc2ccc3ccc(-c4cccc(N)c4)cc3c2)CC1. The van der Waals surface area contributed by atoms with Gasteiger partial charge in [0.05, 0.1) is 6.61 Å². The van der Waals surface area contributed by atoms with Gasteiger partial charge in [-0.25, -0.2) is 0 Å². The summed E-state index contributed by atoms with van der Waals surface area (Å²) in [4.78, 5) is 4.70. The molecule has 0 saturated carbocycles. The number of β-amino-alcohol motifs (C(OH)–C–C–N with tert-alkyl or cyclic N) is 1. The highest BCUT2D eigenvalue weighted by molar-refractivity contribution is 5.88. The Morgan fingerprint density at radius 3 is 2.44 bits per heavy atom. The Bertz CT molecular complexity index is 1020. The highest BCUT2D eigenvalue weighted by Crippen LogP contribution is 2.28. The number of benzene rings is 3. The van der Waals surface area contributed by atoms with Crippen LogP contribution >= 0.6 is 0 Å². The number of aliphatic hydroxyl groups is 1. The summed E-state index contributed by atoms with van der Waals surface area (Å²) in [6, 6.07) is 20.3. The maximum atomic E-state index is 10.5. The molecule has 0 aliphatic carbocycles. The van der Waals surface area contributed by atoms with Gasteiger partial charge in [-0.3, -0.25) is 9.80 Å². The topological polar surface area (TPSA) is 71.2 Å². The minimum absolute atomic E-state index is 0.282. The van der Waals surface area contributed by atoms with Crippen molar-refractivity contribution in [3.63, 3.8) is 0 Å². The van der Waals surface area contributed by atoms with Gasteiger partial charge in [0.1, 0.15) is 18.5 Å². The van der Waals surface area contributed by atoms with Crippen molar-refractivity contribution in [1.29, 1.82) is 0 Å². The lowest BCUT2D eigenvalue weighted by Crippen LogP contribution is -2.49. The number of fused-ring (bicyclic) bond motifs is 1. The molecule has 1 atom stereocenters. The van der Waals surface area contributed by atoms with Crippen LogP contribution in [0.1, 0.15) is 0 Å². The Labute approximate surface area is 190 Å². The molecule has 32 heavy (non-hydrogen) atoms. The fourth-order valence-electron chi connectivity index (χ4n) is 4.17. The molecule has 170 valence electrons. The molecule has 1 fully saturated rings. The maximum absolute atomic E-state index is 10.5. The van der Waals surface area contributed by atoms with Crippen LogP contribution in [-0.2, 0) is 4.74 Å². The van der Waals surface area contributed by atoms with Gasteiger partial charge >= 0.3 is 0 Å². The van der Waals surface area contributed by atoms with Crippen molar-refractivity contribution in [3.8, 4) is 16.9 Å². The number of hydrogen-bond donors (Lipinski definition) is 2. The monoisotopic (exact) mass is 435 g/mol. The van der Waals surface area contributed by atoms with Crippen molar-refractivity contribution in [1.82, 2.24) is 9.80 Å². The number of hydrogen-bond acceptors (Lipinski definition) is 6. The number of piperazine rings is 1. The van der Waals surface area contributed by atoms with Crippen molar-refractivity contribution in [2.24, 2.45) is 0 Å². The second-order valence-electron chi connectivity index (χ2n) is 8.45. The average molecular weight is 436 g/mol. The predicted molar refractivity (Wildman–Crippen MR) is 130 cm³/mol. The van der Waals surface area contributed by atoms with Crippen LogP contribution in [0.5, 0.6) is 5.75 Å². The van der Waals surface area contributed by atoms with Crippen molar-refractivity contribution in [3.05, 3.63) is 60.7 Å². The highest BCUT2D eigenvalue weighted by Gasteiger charge is 2.19. The maximum Gasteiger partial charge on any atom is 0.120 e. The molecular formula is C26H33N3O3. The molecule has 3 N–H and O–H groups in total. The van der Waals surface area contributed by atoms with Crippen LogP contribution in [0.15, 0.2) is 60.7 Å². The fraction of sp³-hybridized carbons (Fsp3) is 0.385. The van der Waals surface area contributed by atoms with E-state index in [1.165, 1.54) is 0 Å². The standard InChI is InChI=1S/C26H33N3O3/c1-31-14-13-28-9-11-29(12-10-28)18-25(30)19-32-26-8-7-20-5-6-22(15-23(20)17-26)21-3-2-4-24(27)16-21/h2-8,15-17,25,30H,9-14,18-19,27H2,1H3. The molecule has 0 spiro atoms. The fourth-order valence-corrected chi connectivity index (χ4v) is 4.17. The number of nitrogens with zero attached hydrogens (tertiary/aromatic N) is 2. The number of nitrogens with two attached hydrogens (primary N) is 1. The van der Waals surface area contributed by atoms with Crippen molar-refractivity contribution in [2.45, 2.75) is 6.10 Å². The summed E-state index contributed by atoms with van der Waals surface area (Å²) in [5.74, 6) is 0.769. The zero-order valence-corrected chi connectivity index (χ0v) is 18.7. The van der Waals surface area contributed by atoms with Crippen LogP contribution in [0.2, 0.25) is 0 Å². The Kier molecular flexibility index (Phi) is 7.60. The van der Waals surface area contributed by atoms with Gasteiger partial charge in [-0.15, -0.1) is 0 Å². The molecule has 6 nitrogen and oxygen atoms in total. The minimum atomic E-state index is -0.519. The van der Waals surface area contributed by atoms with Gasteiger partial charge in [-0.2, -0.15) is 0 Å². The summed E-state index contributed by atoms with van der Waals surface area (Å²) >= 11 is 0. The summed E-state index contributed by atoms with van der Waals surface area (Å²) in [5, 5.41) is 12.7. The Hall–Kier alpha value is -2.64. The van der Waals surface area contributed by atoms with E-state index >= 15 is 0 Å². The minimum Gasteiger partial charge on any atom is -0.491 e. The van der Waals surface area contributed by atoms with Crippen molar-refractivity contribution >= 4 is 16.5 Å². The highest BCUT2D eigenvalue weighted by atomic mass is 16.5. The van der Waals surface area contributed by atoms with Crippen molar-refractivity contribution in [2.75, 3.05) is 65.3 Å². The van der Waals surface area contributed by atoms with Crippen LogP contribution in [0, 0.1) is 0 Å². The molecule has 0 radical (unpaired) electrons. The van der Waals surface area contributed by atoms with Crippen LogP contribution in [0.25, 0.3) is 21.9 Å². The summed E-state index contributed by atoms with van der Waals surface area (Å²) in [6.07, 6.45) is -0.519. The van der Waals surface area contributed by atoms with E-state index in [0.717, 1.165) is 72.7 Å². The summed E-state index contributed by atoms with van der Waals surface area (Å²) in [5.41, 5.74) is 8.90. The molecule has 0 aromatic heterocycles. The van der Waals surface area contributed by atoms with E-state index in [2.05, 4.69) is 40.1 Å². The van der Waals surface area contributed by atoms with Gasteiger partial charge < -0.3 is 20.3 Å². The molecule has 6 heteroatoms. The van der Waals surface area contributed by atoms with E-state index in [4.69, 9.17) is 15.2 Å². The smallest absolute Gasteiger partial charge is 0.120 e. The van der Waals surface area contributed by atoms with Crippen molar-refractivity contribution < 1.29 is 14.6 Å². The Morgan fingerprint density at radius 1 is 0.906 bits per heavy atom. The summed E-state index contributed by atoms with van der Waals surface area (Å²) < 4.78 is 11.1. The molecule has 3 aromatic rings. The number of aliphatic hydroxyl groups excluding tert-OH is 1. The van der Waals surface area contributed by atoms with E-state index in [9.17, 15) is 5.11 Å². The first kappa shape index (κ1) is 22.6. The molecule has 3 aromatic carbocycles. The Balaban J connectivity index is 1.32. The first-order chi connectivity index (χ1) is 15.6. The molecule has 1 heterocycles. The quantitative estimate of drug-likeness (QED) is 0.504. The van der Waals surface area contributed by atoms with Crippen LogP contribution in [-0.4, -0.2) is 80.6 Å². The zero-order valence-electron chi connectivity index (χ0n) is 18.7. The third-order valence-electron chi connectivity index (χ3n) is 6.02. The summed E-state index contributed by atoms with van der Waals surface area (Å²) in [6.45, 7) is 6.59. The molecule has 0 bridgehead atoms. The van der Waals surface area contributed by atoms with Crippen LogP contribution < -0.4 is 10.5 Å². The van der Waals surface area contributed by atoms with E-state index in [-0.39, 0.29) is 6.61 Å². The normalized spacial score (nSPS) is 16.3. The largest absolute Gasteiger partial charge is 0.491 e. The number of methoxy groups -OCH3 is 1. The van der Waals surface area contributed by atoms with Gasteiger partial charge in [0.25, 0.3) is 0 Å². The number of nitrogen functional groups attached to an aromatic ring is 1. The van der Waals surface area contributed by atoms with Gasteiger partial charge in [-0.1, -0.05) is 30.3 Å². The van der Waals surface area contributed by atoms with E-state index in [1.54, 1.807) is 7.11 Å². The molecule has 1 saturated heterocycles. The number of ether oxygens (including phenoxy) is 2. The van der Waals surface area contributed by atoms with Gasteiger partial charge in [0.15, 0.2) is 0 Å². The molecule has 4 rings (SSSR count).